The second-order valence-electron chi connectivity index (χ2n) is 13.8. The van der Waals surface area contributed by atoms with Gasteiger partial charge in [0.15, 0.2) is 16.6 Å². The van der Waals surface area contributed by atoms with Crippen molar-refractivity contribution in [3.63, 3.8) is 0 Å². The van der Waals surface area contributed by atoms with Crippen LogP contribution in [0.5, 0.6) is 0 Å². The van der Waals surface area contributed by atoms with Gasteiger partial charge in [-0.25, -0.2) is 0 Å². The number of fused-ring (bicyclic) bond motifs is 1. The first kappa shape index (κ1) is 27.0. The summed E-state index contributed by atoms with van der Waals surface area (Å²) in [7, 11) is -3.82. The predicted octanol–water partition coefficient (Wildman–Crippen LogP) is 7.74. The number of hydrogen-bond donors (Lipinski definition) is 0. The fraction of sp³-hybridized carbons (Fsp3) is 0.885. The summed E-state index contributed by atoms with van der Waals surface area (Å²) >= 11 is 0. The summed E-state index contributed by atoms with van der Waals surface area (Å²) in [6.45, 7) is 28.8. The summed E-state index contributed by atoms with van der Waals surface area (Å²) in [6.07, 6.45) is 7.62. The fourth-order valence-corrected chi connectivity index (χ4v) is 7.73. The van der Waals surface area contributed by atoms with E-state index in [-0.39, 0.29) is 27.0 Å². The maximum absolute atomic E-state index is 12.0. The minimum absolute atomic E-state index is 0.0706. The number of hydrogen-bond acceptors (Lipinski definition) is 3. The van der Waals surface area contributed by atoms with Gasteiger partial charge in [-0.05, 0) is 78.9 Å². The Labute approximate surface area is 195 Å². The second kappa shape index (κ2) is 8.52. The molecule has 5 heteroatoms. The van der Waals surface area contributed by atoms with Crippen molar-refractivity contribution in [1.29, 1.82) is 0 Å². The zero-order valence-electron chi connectivity index (χ0n) is 22.6. The first-order chi connectivity index (χ1) is 13.8. The first-order valence-electron chi connectivity index (χ1n) is 12.3. The molecular formula is C26H50O3Si2. The van der Waals surface area contributed by atoms with Crippen LogP contribution in [0.4, 0.5) is 0 Å². The summed E-state index contributed by atoms with van der Waals surface area (Å²) in [4.78, 5) is 12.0. The Kier molecular flexibility index (Phi) is 7.42. The Bertz CT molecular complexity index is 698. The minimum atomic E-state index is -1.93. The molecule has 3 nitrogen and oxygen atoms in total. The van der Waals surface area contributed by atoms with Gasteiger partial charge in [0.1, 0.15) is 6.29 Å². The number of rotatable bonds is 6. The lowest BCUT2D eigenvalue weighted by atomic mass is 9.50. The lowest BCUT2D eigenvalue weighted by molar-refractivity contribution is -0.122. The van der Waals surface area contributed by atoms with E-state index in [2.05, 4.69) is 87.7 Å². The van der Waals surface area contributed by atoms with Crippen molar-refractivity contribution < 1.29 is 13.6 Å². The number of carbonyl (C=O) groups excluding carboxylic acids is 1. The molecule has 0 aromatic heterocycles. The molecule has 2 rings (SSSR count). The molecule has 0 aliphatic heterocycles. The van der Waals surface area contributed by atoms with Gasteiger partial charge in [0.25, 0.3) is 0 Å². The van der Waals surface area contributed by atoms with Crippen molar-refractivity contribution >= 4 is 22.9 Å². The molecule has 2 aliphatic carbocycles. The monoisotopic (exact) mass is 466 g/mol. The van der Waals surface area contributed by atoms with E-state index in [1.165, 1.54) is 0 Å². The van der Waals surface area contributed by atoms with Crippen LogP contribution in [-0.4, -0.2) is 35.6 Å². The highest BCUT2D eigenvalue weighted by molar-refractivity contribution is 6.74. The van der Waals surface area contributed by atoms with Crippen molar-refractivity contribution in [2.24, 2.45) is 16.7 Å². The molecule has 0 radical (unpaired) electrons. The number of carbonyl (C=O) groups is 1. The minimum Gasteiger partial charge on any atom is -0.416 e. The summed E-state index contributed by atoms with van der Waals surface area (Å²) < 4.78 is 14.0. The summed E-state index contributed by atoms with van der Waals surface area (Å²) in [6, 6.07) is 0. The van der Waals surface area contributed by atoms with Crippen LogP contribution in [-0.2, 0) is 13.6 Å². The smallest absolute Gasteiger partial charge is 0.192 e. The van der Waals surface area contributed by atoms with Crippen LogP contribution in [0.15, 0.2) is 11.6 Å². The van der Waals surface area contributed by atoms with E-state index in [0.29, 0.717) is 5.92 Å². The molecule has 0 amide bonds. The third-order valence-electron chi connectivity index (χ3n) is 9.63. The third-order valence-corrected chi connectivity index (χ3v) is 18.6. The zero-order valence-corrected chi connectivity index (χ0v) is 24.6. The van der Waals surface area contributed by atoms with Gasteiger partial charge in [-0.1, -0.05) is 61.5 Å². The molecule has 1 saturated carbocycles. The van der Waals surface area contributed by atoms with E-state index >= 15 is 0 Å². The normalized spacial score (nSPS) is 33.0. The maximum Gasteiger partial charge on any atom is 0.192 e. The Morgan fingerprint density at radius 2 is 1.55 bits per heavy atom. The summed E-state index contributed by atoms with van der Waals surface area (Å²) in [5.74, 6) is 0.401. The Balaban J connectivity index is 2.47. The van der Waals surface area contributed by atoms with E-state index in [1.807, 2.05) is 0 Å². The Morgan fingerprint density at radius 1 is 1.00 bits per heavy atom. The van der Waals surface area contributed by atoms with Crippen molar-refractivity contribution in [2.75, 3.05) is 6.61 Å². The van der Waals surface area contributed by atoms with Gasteiger partial charge in [-0.3, -0.25) is 4.79 Å². The zero-order chi connectivity index (χ0) is 24.1. The van der Waals surface area contributed by atoms with Gasteiger partial charge in [-0.2, -0.15) is 0 Å². The Hall–Kier alpha value is -0.236. The molecule has 4 atom stereocenters. The van der Waals surface area contributed by atoms with E-state index in [0.717, 1.165) is 44.1 Å². The molecule has 2 aliphatic rings. The van der Waals surface area contributed by atoms with E-state index in [1.54, 1.807) is 0 Å². The van der Waals surface area contributed by atoms with Crippen LogP contribution in [0.2, 0.25) is 36.3 Å². The molecule has 0 N–H and O–H groups in total. The van der Waals surface area contributed by atoms with Crippen molar-refractivity contribution in [1.82, 2.24) is 0 Å². The van der Waals surface area contributed by atoms with Crippen molar-refractivity contribution in [2.45, 2.75) is 123 Å². The van der Waals surface area contributed by atoms with Gasteiger partial charge in [0.2, 0.25) is 0 Å². The summed E-state index contributed by atoms with van der Waals surface area (Å²) in [5.41, 5.74) is 0.840. The maximum atomic E-state index is 12.0. The largest absolute Gasteiger partial charge is 0.416 e. The van der Waals surface area contributed by atoms with E-state index in [9.17, 15) is 4.79 Å². The second-order valence-corrected chi connectivity index (χ2v) is 23.4. The van der Waals surface area contributed by atoms with Crippen LogP contribution in [0.25, 0.3) is 0 Å². The molecule has 0 heterocycles. The molecule has 0 aromatic carbocycles. The quantitative estimate of drug-likeness (QED) is 0.296. The number of allylic oxidation sites excluding steroid dienone is 2. The SMILES string of the molecule is CC(C)(C)[Si](C)(C)OC[C@]1(C)[C@@H](O[Si](C)(C)C(C)(C)C)CC[C@]2(C)C(C=O)=CCC[C@@H]12. The third kappa shape index (κ3) is 5.00. The van der Waals surface area contributed by atoms with Gasteiger partial charge in [0.05, 0.1) is 6.10 Å². The molecule has 0 bridgehead atoms. The van der Waals surface area contributed by atoms with Crippen molar-refractivity contribution in [3.8, 4) is 0 Å². The molecule has 1 fully saturated rings. The topological polar surface area (TPSA) is 35.5 Å². The Morgan fingerprint density at radius 3 is 2.03 bits per heavy atom. The van der Waals surface area contributed by atoms with E-state index in [4.69, 9.17) is 8.85 Å². The van der Waals surface area contributed by atoms with Crippen LogP contribution < -0.4 is 0 Å². The van der Waals surface area contributed by atoms with Gasteiger partial charge in [-0.15, -0.1) is 0 Å². The standard InChI is InChI=1S/C26H50O3Si2/c1-23(2,3)30(9,10)28-19-26(8)21-15-13-14-20(18-27)25(21,7)17-16-22(26)29-31(11,12)24(4,5)6/h14,18,21-22H,13,15-17,19H2,1-12H3/t21-,22+,25-,26+/m1/s1. The molecule has 31 heavy (non-hydrogen) atoms. The molecule has 0 aromatic rings. The lowest BCUT2D eigenvalue weighted by Crippen LogP contribution is -2.60. The molecule has 0 unspecified atom stereocenters. The lowest BCUT2D eigenvalue weighted by Gasteiger charge is -2.59. The van der Waals surface area contributed by atoms with Gasteiger partial charge >= 0.3 is 0 Å². The molecular weight excluding hydrogens is 416 g/mol. The predicted molar refractivity (Wildman–Crippen MR) is 138 cm³/mol. The first-order valence-corrected chi connectivity index (χ1v) is 18.1. The van der Waals surface area contributed by atoms with Gasteiger partial charge < -0.3 is 8.85 Å². The average Bonchev–Trinajstić information content (AvgIpc) is 2.60. The van der Waals surface area contributed by atoms with Crippen LogP contribution in [0, 0.1) is 16.7 Å². The molecule has 180 valence electrons. The van der Waals surface area contributed by atoms with Crippen LogP contribution in [0.1, 0.15) is 81.1 Å². The highest BCUT2D eigenvalue weighted by Crippen LogP contribution is 2.60. The van der Waals surface area contributed by atoms with Gasteiger partial charge in [0, 0.05) is 12.0 Å². The van der Waals surface area contributed by atoms with Crippen LogP contribution >= 0.6 is 0 Å². The molecule has 0 saturated heterocycles. The highest BCUT2D eigenvalue weighted by Gasteiger charge is 2.58. The average molecular weight is 467 g/mol. The highest BCUT2D eigenvalue weighted by atomic mass is 28.4. The summed E-state index contributed by atoms with van der Waals surface area (Å²) in [5, 5.41) is 0.354. The van der Waals surface area contributed by atoms with Crippen LogP contribution in [0.3, 0.4) is 0 Å². The molecule has 0 spiro atoms. The van der Waals surface area contributed by atoms with Crippen molar-refractivity contribution in [3.05, 3.63) is 11.6 Å². The van der Waals surface area contributed by atoms with E-state index < -0.39 is 16.6 Å². The number of aldehydes is 1. The fourth-order valence-electron chi connectivity index (χ4n) is 5.17.